The summed E-state index contributed by atoms with van der Waals surface area (Å²) in [6.07, 6.45) is 0.771. The zero-order chi connectivity index (χ0) is 12.3. The average Bonchev–Trinajstić information content (AvgIpc) is 2.35. The maximum atomic E-state index is 4.52. The monoisotopic (exact) mass is 339 g/mol. The Kier molecular flexibility index (Phi) is 3.93. The molecule has 2 aromatic rings. The van der Waals surface area contributed by atoms with Crippen molar-refractivity contribution in [2.24, 2.45) is 0 Å². The zero-order valence-corrected chi connectivity index (χ0v) is 12.0. The van der Waals surface area contributed by atoms with Crippen LogP contribution in [-0.4, -0.2) is 17.0 Å². The number of nitrogens with zero attached hydrogens (tertiary/aromatic N) is 2. The number of aryl methyl sites for hydroxylation is 1. The van der Waals surface area contributed by atoms with Crippen molar-refractivity contribution in [1.29, 1.82) is 0 Å². The van der Waals surface area contributed by atoms with E-state index in [4.69, 9.17) is 0 Å². The largest absolute Gasteiger partial charge is 0.372 e. The molecule has 1 heterocycles. The van der Waals surface area contributed by atoms with Gasteiger partial charge in [-0.1, -0.05) is 30.3 Å². The molecule has 0 atom stereocenters. The molecule has 0 aliphatic heterocycles. The van der Waals surface area contributed by atoms with Crippen molar-refractivity contribution in [2.45, 2.75) is 13.3 Å². The SMILES string of the molecule is CNc1nc(Cc2ccccc2)nc(C)c1I. The fraction of sp³-hybridized carbons (Fsp3) is 0.231. The molecule has 0 aliphatic carbocycles. The fourth-order valence-corrected chi connectivity index (χ4v) is 2.15. The molecule has 0 spiro atoms. The van der Waals surface area contributed by atoms with Gasteiger partial charge in [-0.3, -0.25) is 0 Å². The van der Waals surface area contributed by atoms with Crippen LogP contribution in [0.15, 0.2) is 30.3 Å². The first-order valence-electron chi connectivity index (χ1n) is 5.45. The minimum atomic E-state index is 0.771. The standard InChI is InChI=1S/C13H14IN3/c1-9-12(14)13(15-2)17-11(16-9)8-10-6-4-3-5-7-10/h3-7H,8H2,1-2H3,(H,15,16,17). The quantitative estimate of drug-likeness (QED) is 0.874. The van der Waals surface area contributed by atoms with E-state index in [1.165, 1.54) is 5.56 Å². The zero-order valence-electron chi connectivity index (χ0n) is 9.87. The van der Waals surface area contributed by atoms with Crippen molar-refractivity contribution in [2.75, 3.05) is 12.4 Å². The summed E-state index contributed by atoms with van der Waals surface area (Å²) in [5.74, 6) is 1.77. The van der Waals surface area contributed by atoms with Crippen LogP contribution in [0.2, 0.25) is 0 Å². The number of hydrogen-bond acceptors (Lipinski definition) is 3. The van der Waals surface area contributed by atoms with Gasteiger partial charge in [0.15, 0.2) is 0 Å². The second-order valence-electron chi connectivity index (χ2n) is 3.80. The highest BCUT2D eigenvalue weighted by Gasteiger charge is 2.08. The highest BCUT2D eigenvalue weighted by Crippen LogP contribution is 2.19. The third-order valence-electron chi connectivity index (χ3n) is 2.51. The van der Waals surface area contributed by atoms with Crippen LogP contribution in [-0.2, 0) is 6.42 Å². The minimum absolute atomic E-state index is 0.771. The Morgan fingerprint density at radius 3 is 2.53 bits per heavy atom. The van der Waals surface area contributed by atoms with Gasteiger partial charge in [0.25, 0.3) is 0 Å². The van der Waals surface area contributed by atoms with Crippen molar-refractivity contribution in [3.63, 3.8) is 0 Å². The molecular formula is C13H14IN3. The molecule has 0 unspecified atom stereocenters. The van der Waals surface area contributed by atoms with Gasteiger partial charge >= 0.3 is 0 Å². The molecule has 88 valence electrons. The summed E-state index contributed by atoms with van der Waals surface area (Å²) in [5, 5.41) is 3.10. The highest BCUT2D eigenvalue weighted by atomic mass is 127. The number of nitrogens with one attached hydrogen (secondary N) is 1. The maximum Gasteiger partial charge on any atom is 0.143 e. The molecule has 0 saturated carbocycles. The Bertz CT molecular complexity index is 512. The highest BCUT2D eigenvalue weighted by molar-refractivity contribution is 14.1. The molecule has 1 aromatic carbocycles. The van der Waals surface area contributed by atoms with Gasteiger partial charge in [-0.2, -0.15) is 0 Å². The lowest BCUT2D eigenvalue weighted by molar-refractivity contribution is 0.935. The molecule has 0 amide bonds. The first-order chi connectivity index (χ1) is 8.20. The summed E-state index contributed by atoms with van der Waals surface area (Å²) in [5.41, 5.74) is 2.26. The fourth-order valence-electron chi connectivity index (χ4n) is 1.64. The van der Waals surface area contributed by atoms with Crippen LogP contribution in [0.3, 0.4) is 0 Å². The minimum Gasteiger partial charge on any atom is -0.372 e. The van der Waals surface area contributed by atoms with Crippen LogP contribution >= 0.6 is 22.6 Å². The molecule has 1 aromatic heterocycles. The summed E-state index contributed by atoms with van der Waals surface area (Å²) >= 11 is 2.27. The van der Waals surface area contributed by atoms with Gasteiger partial charge in [0.1, 0.15) is 11.6 Å². The van der Waals surface area contributed by atoms with Gasteiger partial charge in [0.05, 0.1) is 9.26 Å². The lowest BCUT2D eigenvalue weighted by Gasteiger charge is -2.08. The topological polar surface area (TPSA) is 37.8 Å². The number of halogens is 1. The van der Waals surface area contributed by atoms with E-state index in [1.807, 2.05) is 32.2 Å². The van der Waals surface area contributed by atoms with Crippen molar-refractivity contribution in [3.8, 4) is 0 Å². The maximum absolute atomic E-state index is 4.52. The molecule has 0 saturated heterocycles. The molecule has 0 radical (unpaired) electrons. The van der Waals surface area contributed by atoms with E-state index in [-0.39, 0.29) is 0 Å². The molecule has 3 nitrogen and oxygen atoms in total. The Balaban J connectivity index is 2.31. The second-order valence-corrected chi connectivity index (χ2v) is 4.88. The Morgan fingerprint density at radius 1 is 1.18 bits per heavy atom. The number of hydrogen-bond donors (Lipinski definition) is 1. The molecule has 0 fully saturated rings. The number of anilines is 1. The predicted molar refractivity (Wildman–Crippen MR) is 78.3 cm³/mol. The van der Waals surface area contributed by atoms with Gasteiger partial charge in [0.2, 0.25) is 0 Å². The van der Waals surface area contributed by atoms with Crippen LogP contribution in [0.25, 0.3) is 0 Å². The summed E-state index contributed by atoms with van der Waals surface area (Å²) < 4.78 is 1.09. The summed E-state index contributed by atoms with van der Waals surface area (Å²) in [6, 6.07) is 10.3. The number of aromatic nitrogens is 2. The predicted octanol–water partition coefficient (Wildman–Crippen LogP) is 3.02. The van der Waals surface area contributed by atoms with Crippen LogP contribution in [0.5, 0.6) is 0 Å². The van der Waals surface area contributed by atoms with Crippen molar-refractivity contribution in [1.82, 2.24) is 9.97 Å². The van der Waals surface area contributed by atoms with Crippen LogP contribution < -0.4 is 5.32 Å². The van der Waals surface area contributed by atoms with Gasteiger partial charge in [0, 0.05) is 13.5 Å². The molecular weight excluding hydrogens is 325 g/mol. The Morgan fingerprint density at radius 2 is 1.88 bits per heavy atom. The van der Waals surface area contributed by atoms with Gasteiger partial charge < -0.3 is 5.32 Å². The molecule has 0 aliphatic rings. The molecule has 17 heavy (non-hydrogen) atoms. The van der Waals surface area contributed by atoms with Crippen LogP contribution in [0.1, 0.15) is 17.1 Å². The molecule has 2 rings (SSSR count). The lowest BCUT2D eigenvalue weighted by Crippen LogP contribution is -2.05. The van der Waals surface area contributed by atoms with E-state index in [2.05, 4.69) is 50.0 Å². The lowest BCUT2D eigenvalue weighted by atomic mass is 10.1. The van der Waals surface area contributed by atoms with Gasteiger partial charge in [-0.05, 0) is 35.1 Å². The Hall–Kier alpha value is -1.17. The van der Waals surface area contributed by atoms with Crippen LogP contribution in [0.4, 0.5) is 5.82 Å². The number of benzene rings is 1. The van der Waals surface area contributed by atoms with Crippen molar-refractivity contribution in [3.05, 3.63) is 51.0 Å². The first-order valence-corrected chi connectivity index (χ1v) is 6.53. The van der Waals surface area contributed by atoms with Crippen molar-refractivity contribution >= 4 is 28.4 Å². The normalized spacial score (nSPS) is 10.3. The third kappa shape index (κ3) is 2.94. The molecule has 4 heteroatoms. The van der Waals surface area contributed by atoms with E-state index in [9.17, 15) is 0 Å². The molecule has 0 bridgehead atoms. The summed E-state index contributed by atoms with van der Waals surface area (Å²) in [7, 11) is 1.89. The summed E-state index contributed by atoms with van der Waals surface area (Å²) in [6.45, 7) is 2.01. The van der Waals surface area contributed by atoms with Gasteiger partial charge in [-0.25, -0.2) is 9.97 Å². The summed E-state index contributed by atoms with van der Waals surface area (Å²) in [4.78, 5) is 9.04. The Labute approximate surface area is 115 Å². The smallest absolute Gasteiger partial charge is 0.143 e. The van der Waals surface area contributed by atoms with Gasteiger partial charge in [-0.15, -0.1) is 0 Å². The number of rotatable bonds is 3. The van der Waals surface area contributed by atoms with Crippen LogP contribution in [0, 0.1) is 10.5 Å². The van der Waals surface area contributed by atoms with E-state index in [1.54, 1.807) is 0 Å². The first kappa shape index (κ1) is 12.3. The second kappa shape index (κ2) is 5.44. The van der Waals surface area contributed by atoms with E-state index in [0.717, 1.165) is 27.3 Å². The molecule has 1 N–H and O–H groups in total. The van der Waals surface area contributed by atoms with Crippen molar-refractivity contribution < 1.29 is 0 Å². The third-order valence-corrected chi connectivity index (χ3v) is 3.80. The van der Waals surface area contributed by atoms with E-state index < -0.39 is 0 Å². The average molecular weight is 339 g/mol. The van der Waals surface area contributed by atoms with E-state index >= 15 is 0 Å². The van der Waals surface area contributed by atoms with E-state index in [0.29, 0.717) is 0 Å².